The number of ketones is 1. The summed E-state index contributed by atoms with van der Waals surface area (Å²) >= 11 is 6.01. The van der Waals surface area contributed by atoms with Crippen LogP contribution in [0, 0.1) is 5.41 Å². The fraction of sp³-hybridized carbons (Fsp3) is 0.364. The lowest BCUT2D eigenvalue weighted by Crippen LogP contribution is -2.31. The minimum atomic E-state index is -0.0856. The number of benzene rings is 1. The van der Waals surface area contributed by atoms with Crippen LogP contribution in [-0.4, -0.2) is 12.3 Å². The molecule has 0 amide bonds. The van der Waals surface area contributed by atoms with Crippen LogP contribution in [0.3, 0.4) is 0 Å². The number of carbonyl (C=O) groups is 1. The van der Waals surface area contributed by atoms with Gasteiger partial charge in [-0.05, 0) is 25.0 Å². The van der Waals surface area contributed by atoms with E-state index in [0.29, 0.717) is 5.02 Å². The maximum Gasteiger partial charge on any atom is 0.172 e. The van der Waals surface area contributed by atoms with Crippen molar-refractivity contribution in [3.63, 3.8) is 0 Å². The molecule has 3 heteroatoms. The molecule has 1 spiro atoms. The van der Waals surface area contributed by atoms with E-state index < -0.39 is 0 Å². The summed E-state index contributed by atoms with van der Waals surface area (Å²) in [5, 5.41) is 3.91. The maximum atomic E-state index is 12.1. The van der Waals surface area contributed by atoms with Crippen molar-refractivity contribution < 1.29 is 4.79 Å². The van der Waals surface area contributed by atoms with Gasteiger partial charge >= 0.3 is 0 Å². The maximum absolute atomic E-state index is 12.1. The fourth-order valence-corrected chi connectivity index (χ4v) is 2.31. The summed E-state index contributed by atoms with van der Waals surface area (Å²) in [4.78, 5) is 12.1. The van der Waals surface area contributed by atoms with Gasteiger partial charge in [0.15, 0.2) is 5.78 Å². The number of halogens is 1. The highest BCUT2D eigenvalue weighted by molar-refractivity contribution is 6.34. The van der Waals surface area contributed by atoms with Crippen molar-refractivity contribution in [2.45, 2.75) is 12.8 Å². The smallest absolute Gasteiger partial charge is 0.172 e. The molecule has 0 saturated heterocycles. The van der Waals surface area contributed by atoms with Crippen LogP contribution in [0.25, 0.3) is 0 Å². The molecule has 2 nitrogen and oxygen atoms in total. The average Bonchev–Trinajstić information content (AvgIpc) is 2.94. The molecule has 0 bridgehead atoms. The van der Waals surface area contributed by atoms with Gasteiger partial charge in [-0.2, -0.15) is 0 Å². The Morgan fingerprint density at radius 3 is 2.86 bits per heavy atom. The Labute approximate surface area is 87.3 Å². The summed E-state index contributed by atoms with van der Waals surface area (Å²) in [5.41, 5.74) is 1.50. The highest BCUT2D eigenvalue weighted by Gasteiger charge is 2.52. The highest BCUT2D eigenvalue weighted by atomic mass is 35.5. The molecule has 0 radical (unpaired) electrons. The van der Waals surface area contributed by atoms with Gasteiger partial charge in [0.05, 0.1) is 16.1 Å². The van der Waals surface area contributed by atoms with Crippen LogP contribution in [0.2, 0.25) is 5.02 Å². The molecule has 3 rings (SSSR count). The zero-order valence-corrected chi connectivity index (χ0v) is 8.40. The summed E-state index contributed by atoms with van der Waals surface area (Å²) in [6, 6.07) is 5.50. The molecule has 0 atom stereocenters. The molecule has 72 valence electrons. The lowest BCUT2D eigenvalue weighted by atomic mass is 9.90. The number of nitrogens with one attached hydrogen (secondary N) is 1. The number of hydrogen-bond acceptors (Lipinski definition) is 2. The minimum absolute atomic E-state index is 0.0856. The fourth-order valence-electron chi connectivity index (χ4n) is 2.07. The third kappa shape index (κ3) is 0.947. The minimum Gasteiger partial charge on any atom is -0.382 e. The van der Waals surface area contributed by atoms with Gasteiger partial charge in [0.1, 0.15) is 0 Å². The molecule has 14 heavy (non-hydrogen) atoms. The van der Waals surface area contributed by atoms with E-state index in [0.717, 1.165) is 30.6 Å². The second kappa shape index (κ2) is 2.51. The molecule has 0 unspecified atom stereocenters. The van der Waals surface area contributed by atoms with Crippen molar-refractivity contribution in [1.29, 1.82) is 0 Å². The number of hydrogen-bond donors (Lipinski definition) is 1. The van der Waals surface area contributed by atoms with Gasteiger partial charge in [-0.3, -0.25) is 4.79 Å². The third-order valence-corrected chi connectivity index (χ3v) is 3.51. The third-order valence-electron chi connectivity index (χ3n) is 3.20. The first-order valence-corrected chi connectivity index (χ1v) is 5.18. The zero-order valence-electron chi connectivity index (χ0n) is 7.64. The Balaban J connectivity index is 2.16. The second-order valence-corrected chi connectivity index (χ2v) is 4.53. The molecule has 1 saturated carbocycles. The van der Waals surface area contributed by atoms with Crippen LogP contribution in [0.5, 0.6) is 0 Å². The van der Waals surface area contributed by atoms with E-state index in [9.17, 15) is 4.79 Å². The predicted molar refractivity (Wildman–Crippen MR) is 55.9 cm³/mol. The van der Waals surface area contributed by atoms with Crippen LogP contribution < -0.4 is 5.32 Å². The largest absolute Gasteiger partial charge is 0.382 e. The summed E-state index contributed by atoms with van der Waals surface area (Å²) < 4.78 is 0. The first kappa shape index (κ1) is 8.30. The van der Waals surface area contributed by atoms with E-state index in [1.807, 2.05) is 18.2 Å². The first-order valence-electron chi connectivity index (χ1n) is 4.80. The van der Waals surface area contributed by atoms with E-state index in [1.54, 1.807) is 0 Å². The van der Waals surface area contributed by atoms with Crippen molar-refractivity contribution in [3.05, 3.63) is 28.8 Å². The number of anilines is 1. The molecular weight excluding hydrogens is 198 g/mol. The zero-order chi connectivity index (χ0) is 9.76. The van der Waals surface area contributed by atoms with E-state index in [4.69, 9.17) is 11.6 Å². The number of fused-ring (bicyclic) bond motifs is 1. The van der Waals surface area contributed by atoms with E-state index >= 15 is 0 Å². The standard InChI is InChI=1S/C11H10ClNO/c12-8-3-1-2-7-9(8)13-6-11(4-5-11)10(7)14/h1-3,13H,4-6H2. The summed E-state index contributed by atoms with van der Waals surface area (Å²) in [5.74, 6) is 0.272. The monoisotopic (exact) mass is 207 g/mol. The molecule has 2 aliphatic rings. The van der Waals surface area contributed by atoms with Crippen LogP contribution in [-0.2, 0) is 0 Å². The molecule has 1 aromatic carbocycles. The normalized spacial score (nSPS) is 21.6. The van der Waals surface area contributed by atoms with Crippen molar-refractivity contribution in [1.82, 2.24) is 0 Å². The van der Waals surface area contributed by atoms with Crippen LogP contribution >= 0.6 is 11.6 Å². The van der Waals surface area contributed by atoms with E-state index in [1.165, 1.54) is 0 Å². The molecule has 1 aromatic rings. The molecule has 1 N–H and O–H groups in total. The van der Waals surface area contributed by atoms with Crippen molar-refractivity contribution in [3.8, 4) is 0 Å². The SMILES string of the molecule is O=C1c2cccc(Cl)c2NCC12CC2. The second-order valence-electron chi connectivity index (χ2n) is 4.13. The van der Waals surface area contributed by atoms with Gasteiger partial charge < -0.3 is 5.32 Å². The summed E-state index contributed by atoms with van der Waals surface area (Å²) in [6.07, 6.45) is 2.04. The predicted octanol–water partition coefficient (Wildman–Crippen LogP) is 2.73. The molecule has 1 fully saturated rings. The average molecular weight is 208 g/mol. The van der Waals surface area contributed by atoms with Gasteiger partial charge in [0.2, 0.25) is 0 Å². The Morgan fingerprint density at radius 1 is 1.36 bits per heavy atom. The molecule has 1 aliphatic heterocycles. The van der Waals surface area contributed by atoms with Crippen molar-refractivity contribution >= 4 is 23.1 Å². The van der Waals surface area contributed by atoms with E-state index in [-0.39, 0.29) is 11.2 Å². The lowest BCUT2D eigenvalue weighted by Gasteiger charge is -2.25. The highest BCUT2D eigenvalue weighted by Crippen LogP contribution is 2.52. The Kier molecular flexibility index (Phi) is 1.49. The molecule has 1 heterocycles. The number of para-hydroxylation sites is 1. The Morgan fingerprint density at radius 2 is 2.14 bits per heavy atom. The van der Waals surface area contributed by atoms with Crippen LogP contribution in [0.1, 0.15) is 23.2 Å². The summed E-state index contributed by atoms with van der Waals surface area (Å²) in [6.45, 7) is 0.753. The Bertz CT molecular complexity index is 423. The van der Waals surface area contributed by atoms with Crippen LogP contribution in [0.15, 0.2) is 18.2 Å². The topological polar surface area (TPSA) is 29.1 Å². The Hall–Kier alpha value is -1.02. The lowest BCUT2D eigenvalue weighted by molar-refractivity contribution is 0.0903. The quantitative estimate of drug-likeness (QED) is 0.709. The number of rotatable bonds is 0. The van der Waals surface area contributed by atoms with Gasteiger partial charge in [-0.25, -0.2) is 0 Å². The summed E-state index contributed by atoms with van der Waals surface area (Å²) in [7, 11) is 0. The molecule has 0 aromatic heterocycles. The van der Waals surface area contributed by atoms with Crippen LogP contribution in [0.4, 0.5) is 5.69 Å². The van der Waals surface area contributed by atoms with Gasteiger partial charge in [-0.15, -0.1) is 0 Å². The molecule has 1 aliphatic carbocycles. The van der Waals surface area contributed by atoms with Crippen molar-refractivity contribution in [2.75, 3.05) is 11.9 Å². The molecular formula is C11H10ClNO. The van der Waals surface area contributed by atoms with Gasteiger partial charge in [0, 0.05) is 12.1 Å². The first-order chi connectivity index (χ1) is 6.73. The number of carbonyl (C=O) groups excluding carboxylic acids is 1. The van der Waals surface area contributed by atoms with Gasteiger partial charge in [-0.1, -0.05) is 17.7 Å². The van der Waals surface area contributed by atoms with Crippen molar-refractivity contribution in [2.24, 2.45) is 5.41 Å². The van der Waals surface area contributed by atoms with E-state index in [2.05, 4.69) is 5.32 Å². The van der Waals surface area contributed by atoms with Gasteiger partial charge in [0.25, 0.3) is 0 Å². The number of Topliss-reactive ketones (excluding diaryl/α,β-unsaturated/α-hetero) is 1.